The van der Waals surface area contributed by atoms with Crippen LogP contribution in [0.15, 0.2) is 54.6 Å². The van der Waals surface area contributed by atoms with Crippen LogP contribution >= 0.6 is 0 Å². The molecule has 0 unspecified atom stereocenters. The van der Waals surface area contributed by atoms with E-state index in [1.165, 1.54) is 0 Å². The summed E-state index contributed by atoms with van der Waals surface area (Å²) in [6.07, 6.45) is 2.23. The molecule has 1 N–H and O–H groups in total. The highest BCUT2D eigenvalue weighted by Gasteiger charge is 2.23. The van der Waals surface area contributed by atoms with Gasteiger partial charge in [-0.25, -0.2) is 0 Å². The van der Waals surface area contributed by atoms with E-state index in [2.05, 4.69) is 17.4 Å². The SMILES string of the molecule is O=C(NC1CC1)c1cccc(-c2ccccc2)c1. The fraction of sp³-hybridized carbons (Fsp3) is 0.188. The highest BCUT2D eigenvalue weighted by Crippen LogP contribution is 2.22. The van der Waals surface area contributed by atoms with E-state index in [1.54, 1.807) is 0 Å². The van der Waals surface area contributed by atoms with Crippen molar-refractivity contribution in [2.24, 2.45) is 0 Å². The van der Waals surface area contributed by atoms with Crippen molar-refractivity contribution in [3.63, 3.8) is 0 Å². The predicted octanol–water partition coefficient (Wildman–Crippen LogP) is 3.25. The highest BCUT2D eigenvalue weighted by molar-refractivity contribution is 5.95. The van der Waals surface area contributed by atoms with Crippen LogP contribution in [0, 0.1) is 0 Å². The van der Waals surface area contributed by atoms with Crippen LogP contribution in [0.25, 0.3) is 11.1 Å². The molecule has 2 heteroatoms. The van der Waals surface area contributed by atoms with Gasteiger partial charge in [-0.3, -0.25) is 4.79 Å². The van der Waals surface area contributed by atoms with Crippen LogP contribution in [0.3, 0.4) is 0 Å². The smallest absolute Gasteiger partial charge is 0.251 e. The third-order valence-electron chi connectivity index (χ3n) is 3.14. The summed E-state index contributed by atoms with van der Waals surface area (Å²) in [4.78, 5) is 12.0. The Labute approximate surface area is 107 Å². The van der Waals surface area contributed by atoms with Crippen LogP contribution < -0.4 is 5.32 Å². The van der Waals surface area contributed by atoms with Gasteiger partial charge in [-0.2, -0.15) is 0 Å². The van der Waals surface area contributed by atoms with E-state index < -0.39 is 0 Å². The molecular formula is C16H15NO. The minimum absolute atomic E-state index is 0.0373. The van der Waals surface area contributed by atoms with Gasteiger partial charge in [-0.15, -0.1) is 0 Å². The van der Waals surface area contributed by atoms with Crippen molar-refractivity contribution < 1.29 is 4.79 Å². The van der Waals surface area contributed by atoms with Gasteiger partial charge in [-0.1, -0.05) is 42.5 Å². The molecule has 90 valence electrons. The Balaban J connectivity index is 1.86. The lowest BCUT2D eigenvalue weighted by Crippen LogP contribution is -2.25. The van der Waals surface area contributed by atoms with Gasteiger partial charge < -0.3 is 5.32 Å². The molecule has 18 heavy (non-hydrogen) atoms. The van der Waals surface area contributed by atoms with Gasteiger partial charge in [0.25, 0.3) is 5.91 Å². The first-order valence-corrected chi connectivity index (χ1v) is 6.29. The Morgan fingerprint density at radius 1 is 0.944 bits per heavy atom. The maximum atomic E-state index is 12.0. The Morgan fingerprint density at radius 2 is 1.67 bits per heavy atom. The minimum atomic E-state index is 0.0373. The molecule has 1 amide bonds. The molecule has 0 atom stereocenters. The first-order chi connectivity index (χ1) is 8.83. The molecule has 1 saturated carbocycles. The van der Waals surface area contributed by atoms with Gasteiger partial charge >= 0.3 is 0 Å². The Bertz CT molecular complexity index is 558. The Morgan fingerprint density at radius 3 is 2.39 bits per heavy atom. The van der Waals surface area contributed by atoms with Gasteiger partial charge in [0.2, 0.25) is 0 Å². The molecule has 3 rings (SSSR count). The number of amides is 1. The maximum Gasteiger partial charge on any atom is 0.251 e. The van der Waals surface area contributed by atoms with Crippen LogP contribution in [0.1, 0.15) is 23.2 Å². The molecular weight excluding hydrogens is 222 g/mol. The Kier molecular flexibility index (Phi) is 2.85. The summed E-state index contributed by atoms with van der Waals surface area (Å²) in [5, 5.41) is 3.01. The molecule has 0 aromatic heterocycles. The predicted molar refractivity (Wildman–Crippen MR) is 72.4 cm³/mol. The lowest BCUT2D eigenvalue weighted by atomic mass is 10.0. The summed E-state index contributed by atoms with van der Waals surface area (Å²) in [7, 11) is 0. The van der Waals surface area contributed by atoms with E-state index in [0.29, 0.717) is 6.04 Å². The van der Waals surface area contributed by atoms with Gasteiger partial charge in [0.1, 0.15) is 0 Å². The molecule has 0 bridgehead atoms. The molecule has 0 aliphatic heterocycles. The topological polar surface area (TPSA) is 29.1 Å². The number of hydrogen-bond donors (Lipinski definition) is 1. The molecule has 0 saturated heterocycles. The molecule has 2 nitrogen and oxygen atoms in total. The summed E-state index contributed by atoms with van der Waals surface area (Å²) < 4.78 is 0. The van der Waals surface area contributed by atoms with Crippen LogP contribution in [0.2, 0.25) is 0 Å². The first kappa shape index (κ1) is 11.0. The van der Waals surface area contributed by atoms with E-state index in [0.717, 1.165) is 29.5 Å². The molecule has 1 fully saturated rings. The van der Waals surface area contributed by atoms with Crippen molar-refractivity contribution in [1.82, 2.24) is 5.32 Å². The van der Waals surface area contributed by atoms with Crippen LogP contribution in [0.4, 0.5) is 0 Å². The number of rotatable bonds is 3. The summed E-state index contributed by atoms with van der Waals surface area (Å²) >= 11 is 0. The highest BCUT2D eigenvalue weighted by atomic mass is 16.1. The van der Waals surface area contributed by atoms with Gasteiger partial charge in [0, 0.05) is 11.6 Å². The quantitative estimate of drug-likeness (QED) is 0.872. The van der Waals surface area contributed by atoms with Crippen molar-refractivity contribution in [3.8, 4) is 11.1 Å². The molecule has 0 heterocycles. The number of carbonyl (C=O) groups excluding carboxylic acids is 1. The van der Waals surface area contributed by atoms with E-state index in [-0.39, 0.29) is 5.91 Å². The zero-order valence-corrected chi connectivity index (χ0v) is 10.1. The fourth-order valence-electron chi connectivity index (χ4n) is 1.97. The first-order valence-electron chi connectivity index (χ1n) is 6.29. The normalized spacial score (nSPS) is 14.2. The summed E-state index contributed by atoms with van der Waals surface area (Å²) in [5.41, 5.74) is 2.96. The van der Waals surface area contributed by atoms with Crippen molar-refractivity contribution >= 4 is 5.91 Å². The molecule has 1 aliphatic rings. The maximum absolute atomic E-state index is 12.0. The van der Waals surface area contributed by atoms with E-state index in [4.69, 9.17) is 0 Å². The van der Waals surface area contributed by atoms with Gasteiger partial charge in [0.05, 0.1) is 0 Å². The third kappa shape index (κ3) is 2.43. The summed E-state index contributed by atoms with van der Waals surface area (Å²) in [6.45, 7) is 0. The third-order valence-corrected chi connectivity index (χ3v) is 3.14. The largest absolute Gasteiger partial charge is 0.349 e. The standard InChI is InChI=1S/C16H15NO/c18-16(17-15-9-10-15)14-8-4-7-13(11-14)12-5-2-1-3-6-12/h1-8,11,15H,9-10H2,(H,17,18). The zero-order chi connectivity index (χ0) is 12.4. The van der Waals surface area contributed by atoms with Crippen molar-refractivity contribution in [2.45, 2.75) is 18.9 Å². The number of hydrogen-bond acceptors (Lipinski definition) is 1. The van der Waals surface area contributed by atoms with Crippen LogP contribution in [-0.4, -0.2) is 11.9 Å². The molecule has 2 aromatic rings. The zero-order valence-electron chi connectivity index (χ0n) is 10.1. The van der Waals surface area contributed by atoms with Crippen molar-refractivity contribution in [1.29, 1.82) is 0 Å². The number of nitrogens with one attached hydrogen (secondary N) is 1. The lowest BCUT2D eigenvalue weighted by Gasteiger charge is -2.06. The second-order valence-corrected chi connectivity index (χ2v) is 4.69. The number of benzene rings is 2. The van der Waals surface area contributed by atoms with E-state index >= 15 is 0 Å². The average Bonchev–Trinajstić information content (AvgIpc) is 3.24. The van der Waals surface area contributed by atoms with Crippen LogP contribution in [-0.2, 0) is 0 Å². The fourth-order valence-corrected chi connectivity index (χ4v) is 1.97. The molecule has 1 aliphatic carbocycles. The van der Waals surface area contributed by atoms with Crippen molar-refractivity contribution in [2.75, 3.05) is 0 Å². The minimum Gasteiger partial charge on any atom is -0.349 e. The monoisotopic (exact) mass is 237 g/mol. The van der Waals surface area contributed by atoms with E-state index in [9.17, 15) is 4.79 Å². The number of carbonyl (C=O) groups is 1. The van der Waals surface area contributed by atoms with Gasteiger partial charge in [-0.05, 0) is 36.1 Å². The molecule has 0 spiro atoms. The van der Waals surface area contributed by atoms with Gasteiger partial charge in [0.15, 0.2) is 0 Å². The summed E-state index contributed by atoms with van der Waals surface area (Å²) in [5.74, 6) is 0.0373. The van der Waals surface area contributed by atoms with Crippen molar-refractivity contribution in [3.05, 3.63) is 60.2 Å². The lowest BCUT2D eigenvalue weighted by molar-refractivity contribution is 0.0951. The molecule has 2 aromatic carbocycles. The Hall–Kier alpha value is -2.09. The summed E-state index contributed by atoms with van der Waals surface area (Å²) in [6, 6.07) is 18.3. The average molecular weight is 237 g/mol. The van der Waals surface area contributed by atoms with E-state index in [1.807, 2.05) is 42.5 Å². The van der Waals surface area contributed by atoms with Crippen LogP contribution in [0.5, 0.6) is 0 Å². The molecule has 0 radical (unpaired) electrons. The second-order valence-electron chi connectivity index (χ2n) is 4.69. The second kappa shape index (κ2) is 4.65.